The first kappa shape index (κ1) is 17.1. The predicted molar refractivity (Wildman–Crippen MR) is 96.5 cm³/mol. The molecule has 1 amide bonds. The molecule has 1 aromatic heterocycles. The third-order valence-electron chi connectivity index (χ3n) is 5.57. The molecule has 1 saturated heterocycles. The van der Waals surface area contributed by atoms with Crippen LogP contribution in [0.1, 0.15) is 56.9 Å². The lowest BCUT2D eigenvalue weighted by atomic mass is 9.98. The molecule has 2 fully saturated rings. The Kier molecular flexibility index (Phi) is 4.91. The second-order valence-electron chi connectivity index (χ2n) is 7.21. The van der Waals surface area contributed by atoms with Gasteiger partial charge in [0.05, 0.1) is 7.11 Å². The number of piperidine rings is 1. The van der Waals surface area contributed by atoms with Crippen molar-refractivity contribution >= 4 is 5.91 Å². The van der Waals surface area contributed by atoms with E-state index in [9.17, 15) is 4.79 Å². The molecule has 1 atom stereocenters. The van der Waals surface area contributed by atoms with Gasteiger partial charge in [0.15, 0.2) is 0 Å². The highest BCUT2D eigenvalue weighted by Gasteiger charge is 2.36. The summed E-state index contributed by atoms with van der Waals surface area (Å²) in [5.74, 6) is 2.36. The van der Waals surface area contributed by atoms with Crippen molar-refractivity contribution in [3.8, 4) is 17.1 Å². The molecule has 0 N–H and O–H groups in total. The second kappa shape index (κ2) is 7.48. The van der Waals surface area contributed by atoms with Crippen LogP contribution in [-0.2, 0) is 4.79 Å². The van der Waals surface area contributed by atoms with Crippen molar-refractivity contribution in [1.29, 1.82) is 0 Å². The Balaban J connectivity index is 1.54. The van der Waals surface area contributed by atoms with Crippen LogP contribution in [0, 0.1) is 5.92 Å². The number of hydrogen-bond donors (Lipinski definition) is 0. The highest BCUT2D eigenvalue weighted by molar-refractivity contribution is 5.79. The average molecular weight is 355 g/mol. The van der Waals surface area contributed by atoms with E-state index in [1.165, 1.54) is 0 Å². The van der Waals surface area contributed by atoms with Gasteiger partial charge in [-0.1, -0.05) is 18.0 Å². The summed E-state index contributed by atoms with van der Waals surface area (Å²) in [6, 6.07) is 7.49. The van der Waals surface area contributed by atoms with Crippen LogP contribution in [0.5, 0.6) is 5.75 Å². The first-order valence-corrected chi connectivity index (χ1v) is 9.55. The Morgan fingerprint density at radius 1 is 1.12 bits per heavy atom. The summed E-state index contributed by atoms with van der Waals surface area (Å²) in [5.41, 5.74) is 0.880. The quantitative estimate of drug-likeness (QED) is 0.829. The Morgan fingerprint density at radius 3 is 2.58 bits per heavy atom. The molecule has 0 radical (unpaired) electrons. The largest absolute Gasteiger partial charge is 0.497 e. The van der Waals surface area contributed by atoms with Crippen LogP contribution >= 0.6 is 0 Å². The fraction of sp³-hybridized carbons (Fsp3) is 0.550. The van der Waals surface area contributed by atoms with Gasteiger partial charge in [-0.05, 0) is 56.4 Å². The number of benzene rings is 1. The molecule has 0 bridgehead atoms. The normalized spacial score (nSPS) is 21.1. The summed E-state index contributed by atoms with van der Waals surface area (Å²) < 4.78 is 10.8. The Bertz CT molecular complexity index is 750. The number of ether oxygens (including phenoxy) is 1. The highest BCUT2D eigenvalue weighted by Crippen LogP contribution is 2.35. The monoisotopic (exact) mass is 355 g/mol. The van der Waals surface area contributed by atoms with Gasteiger partial charge >= 0.3 is 0 Å². The maximum Gasteiger partial charge on any atom is 0.249 e. The molecule has 1 aliphatic carbocycles. The zero-order valence-corrected chi connectivity index (χ0v) is 15.2. The lowest BCUT2D eigenvalue weighted by molar-refractivity contribution is -0.140. The summed E-state index contributed by atoms with van der Waals surface area (Å²) in [7, 11) is 1.64. The van der Waals surface area contributed by atoms with E-state index in [2.05, 4.69) is 10.1 Å². The standard InChI is InChI=1S/C20H25N3O3/c1-25-16-11-9-14(10-12-16)18-21-19(26-22-18)17-8-4-5-13-23(17)20(24)15-6-2-3-7-15/h9-12,15,17H,2-8,13H2,1H3/t17-/m0/s1. The lowest BCUT2D eigenvalue weighted by Crippen LogP contribution is -2.41. The van der Waals surface area contributed by atoms with Gasteiger partial charge in [0.2, 0.25) is 17.6 Å². The van der Waals surface area contributed by atoms with Gasteiger partial charge in [-0.3, -0.25) is 4.79 Å². The van der Waals surface area contributed by atoms with Crippen LogP contribution in [0.4, 0.5) is 0 Å². The molecule has 0 unspecified atom stereocenters. The van der Waals surface area contributed by atoms with Crippen LogP contribution in [-0.4, -0.2) is 34.6 Å². The fourth-order valence-electron chi connectivity index (χ4n) is 4.09. The summed E-state index contributed by atoms with van der Waals surface area (Å²) in [4.78, 5) is 19.6. The molecule has 2 aliphatic rings. The molecule has 1 saturated carbocycles. The third-order valence-corrected chi connectivity index (χ3v) is 5.57. The lowest BCUT2D eigenvalue weighted by Gasteiger charge is -2.35. The van der Waals surface area contributed by atoms with Gasteiger partial charge in [0, 0.05) is 18.0 Å². The molecule has 2 heterocycles. The number of nitrogens with zero attached hydrogens (tertiary/aromatic N) is 3. The van der Waals surface area contributed by atoms with Crippen molar-refractivity contribution < 1.29 is 14.1 Å². The number of carbonyl (C=O) groups is 1. The summed E-state index contributed by atoms with van der Waals surface area (Å²) in [6.07, 6.45) is 7.39. The molecule has 6 heteroatoms. The van der Waals surface area contributed by atoms with Crippen molar-refractivity contribution in [1.82, 2.24) is 15.0 Å². The maximum absolute atomic E-state index is 13.0. The average Bonchev–Trinajstić information content (AvgIpc) is 3.40. The van der Waals surface area contributed by atoms with Crippen molar-refractivity contribution in [3.05, 3.63) is 30.2 Å². The van der Waals surface area contributed by atoms with Gasteiger partial charge in [-0.25, -0.2) is 0 Å². The Labute approximate surface area is 153 Å². The second-order valence-corrected chi connectivity index (χ2v) is 7.21. The first-order chi connectivity index (χ1) is 12.8. The van der Waals surface area contributed by atoms with E-state index in [0.29, 0.717) is 11.7 Å². The van der Waals surface area contributed by atoms with Crippen molar-refractivity contribution in [2.75, 3.05) is 13.7 Å². The smallest absolute Gasteiger partial charge is 0.249 e. The van der Waals surface area contributed by atoms with Crippen LogP contribution in [0.25, 0.3) is 11.4 Å². The molecule has 138 valence electrons. The van der Waals surface area contributed by atoms with Crippen LogP contribution in [0.2, 0.25) is 0 Å². The molecule has 2 aromatic rings. The van der Waals surface area contributed by atoms with E-state index >= 15 is 0 Å². The zero-order valence-electron chi connectivity index (χ0n) is 15.2. The van der Waals surface area contributed by atoms with Crippen LogP contribution < -0.4 is 4.74 Å². The molecular weight excluding hydrogens is 330 g/mol. The maximum atomic E-state index is 13.0. The topological polar surface area (TPSA) is 68.5 Å². The van der Waals surface area contributed by atoms with Gasteiger partial charge in [-0.15, -0.1) is 0 Å². The molecular formula is C20H25N3O3. The summed E-state index contributed by atoms with van der Waals surface area (Å²) >= 11 is 0. The summed E-state index contributed by atoms with van der Waals surface area (Å²) in [5, 5.41) is 4.14. The van der Waals surface area contributed by atoms with Gasteiger partial charge in [0.25, 0.3) is 0 Å². The van der Waals surface area contributed by atoms with E-state index in [1.807, 2.05) is 29.2 Å². The van der Waals surface area contributed by atoms with E-state index < -0.39 is 0 Å². The van der Waals surface area contributed by atoms with Gasteiger partial charge in [-0.2, -0.15) is 4.98 Å². The number of hydrogen-bond acceptors (Lipinski definition) is 5. The third kappa shape index (κ3) is 3.32. The minimum atomic E-state index is -0.0867. The van der Waals surface area contributed by atoms with Crippen molar-refractivity contribution in [2.24, 2.45) is 5.92 Å². The molecule has 1 aromatic carbocycles. The van der Waals surface area contributed by atoms with E-state index in [-0.39, 0.29) is 17.9 Å². The molecule has 26 heavy (non-hydrogen) atoms. The van der Waals surface area contributed by atoms with Gasteiger partial charge < -0.3 is 14.2 Å². The number of rotatable bonds is 4. The van der Waals surface area contributed by atoms with E-state index in [0.717, 1.165) is 62.8 Å². The van der Waals surface area contributed by atoms with Crippen molar-refractivity contribution in [2.45, 2.75) is 51.0 Å². The van der Waals surface area contributed by atoms with Crippen LogP contribution in [0.15, 0.2) is 28.8 Å². The highest BCUT2D eigenvalue weighted by atomic mass is 16.5. The van der Waals surface area contributed by atoms with E-state index in [4.69, 9.17) is 9.26 Å². The first-order valence-electron chi connectivity index (χ1n) is 9.55. The summed E-state index contributed by atoms with van der Waals surface area (Å²) in [6.45, 7) is 0.792. The minimum absolute atomic E-state index is 0.0867. The zero-order chi connectivity index (χ0) is 17.9. The SMILES string of the molecule is COc1ccc(-c2noc([C@@H]3CCCCN3C(=O)C3CCCC3)n2)cc1. The Morgan fingerprint density at radius 2 is 1.85 bits per heavy atom. The molecule has 4 rings (SSSR count). The van der Waals surface area contributed by atoms with Crippen LogP contribution in [0.3, 0.4) is 0 Å². The number of carbonyl (C=O) groups excluding carboxylic acids is 1. The number of aromatic nitrogens is 2. The van der Waals surface area contributed by atoms with Gasteiger partial charge in [0.1, 0.15) is 11.8 Å². The predicted octanol–water partition coefficient (Wildman–Crippen LogP) is 3.99. The van der Waals surface area contributed by atoms with E-state index in [1.54, 1.807) is 7.11 Å². The molecule has 6 nitrogen and oxygen atoms in total. The number of methoxy groups -OCH3 is 1. The van der Waals surface area contributed by atoms with Crippen molar-refractivity contribution in [3.63, 3.8) is 0 Å². The minimum Gasteiger partial charge on any atom is -0.497 e. The molecule has 1 aliphatic heterocycles. The number of likely N-dealkylation sites (tertiary alicyclic amines) is 1. The fourth-order valence-corrected chi connectivity index (χ4v) is 4.09. The Hall–Kier alpha value is -2.37. The number of amides is 1. The molecule has 0 spiro atoms.